The van der Waals surface area contributed by atoms with E-state index in [-0.39, 0.29) is 24.9 Å². The van der Waals surface area contributed by atoms with E-state index in [1.54, 1.807) is 0 Å². The van der Waals surface area contributed by atoms with Crippen LogP contribution in [0, 0.1) is 0 Å². The van der Waals surface area contributed by atoms with Gasteiger partial charge >= 0.3 is 5.97 Å². The zero-order valence-corrected chi connectivity index (χ0v) is 59.3. The number of hydrogen-bond acceptors (Lipinski definition) is 7. The van der Waals surface area contributed by atoms with Crippen LogP contribution in [0.25, 0.3) is 0 Å². The molecule has 88 heavy (non-hydrogen) atoms. The van der Waals surface area contributed by atoms with Gasteiger partial charge in [-0.2, -0.15) is 0 Å². The molecule has 0 radical (unpaired) electrons. The van der Waals surface area contributed by atoms with Crippen molar-refractivity contribution in [1.82, 2.24) is 5.32 Å². The topological polar surface area (TPSA) is 114 Å². The summed E-state index contributed by atoms with van der Waals surface area (Å²) in [7, 11) is 1.17. The minimum absolute atomic E-state index is 0.0295. The molecule has 10 heteroatoms. The minimum atomic E-state index is -4.72. The van der Waals surface area contributed by atoms with Gasteiger partial charge in [0.1, 0.15) is 19.3 Å². The van der Waals surface area contributed by atoms with Gasteiger partial charge in [0.05, 0.1) is 33.8 Å². The number of amides is 1. The number of allylic oxidation sites excluding steroid dienone is 15. The van der Waals surface area contributed by atoms with Gasteiger partial charge in [-0.05, 0) is 109 Å². The molecule has 0 aromatic heterocycles. The van der Waals surface area contributed by atoms with Gasteiger partial charge in [-0.1, -0.05) is 311 Å². The minimum Gasteiger partial charge on any atom is -0.756 e. The molecule has 1 N–H and O–H groups in total. The maximum absolute atomic E-state index is 13.6. The number of nitrogens with zero attached hydrogens (tertiary/aromatic N) is 1. The number of nitrogens with one attached hydrogen (secondary N) is 1. The van der Waals surface area contributed by atoms with E-state index in [0.717, 1.165) is 103 Å². The first-order valence-corrected chi connectivity index (χ1v) is 38.5. The molecule has 0 rings (SSSR count). The standard InChI is InChI=1S/C78H141N2O7P/c1-7-10-13-16-19-22-25-28-30-32-34-36-38-39-40-41-43-44-46-48-50-52-55-58-61-64-67-70-77(81)79-75(74-86-88(83,84)85-73-72-80(4,5)6)76(69-66-63-60-57-54-27-24-21-18-15-12-9-3)87-78(82)71-68-65-62-59-56-53-51-49-47-45-42-37-35-33-31-29-26-23-20-17-14-11-8-2/h11,14,20,23,28-31,35,37,45,47,51,53,66,69,75-76H,7-10,12-13,15-19,21-22,24-27,32-34,36,38-44,46,48-50,52,54-65,67-68,70-74H2,1-6H3,(H-,79,81,83,84)/b14-11-,23-20-,30-28+,31-29-,37-35-,47-45-,53-51-,69-66-. The molecule has 0 aromatic carbocycles. The van der Waals surface area contributed by atoms with Crippen molar-refractivity contribution in [3.05, 3.63) is 97.2 Å². The maximum atomic E-state index is 13.6. The number of carbonyl (C=O) groups excluding carboxylic acids is 2. The lowest BCUT2D eigenvalue weighted by molar-refractivity contribution is -0.870. The molecule has 0 aliphatic carbocycles. The molecule has 0 bridgehead atoms. The Bertz CT molecular complexity index is 1830. The van der Waals surface area contributed by atoms with Crippen LogP contribution in [0.5, 0.6) is 0 Å². The Morgan fingerprint density at radius 1 is 0.409 bits per heavy atom. The number of rotatable bonds is 67. The van der Waals surface area contributed by atoms with Gasteiger partial charge in [0.25, 0.3) is 7.82 Å². The lowest BCUT2D eigenvalue weighted by Gasteiger charge is -2.30. The number of likely N-dealkylation sites (N-methyl/N-ethyl adjacent to an activating group) is 1. The van der Waals surface area contributed by atoms with Crippen molar-refractivity contribution < 1.29 is 37.3 Å². The summed E-state index contributed by atoms with van der Waals surface area (Å²) in [6, 6.07) is -0.905. The number of phosphoric acid groups is 1. The summed E-state index contributed by atoms with van der Waals surface area (Å²) < 4.78 is 30.5. The summed E-state index contributed by atoms with van der Waals surface area (Å²) in [5, 5.41) is 3.04. The molecule has 0 fully saturated rings. The third-order valence-corrected chi connectivity index (χ3v) is 17.2. The number of carbonyl (C=O) groups is 2. The molecule has 9 nitrogen and oxygen atoms in total. The van der Waals surface area contributed by atoms with E-state index in [2.05, 4.69) is 111 Å². The van der Waals surface area contributed by atoms with E-state index in [1.165, 1.54) is 193 Å². The zero-order chi connectivity index (χ0) is 64.2. The van der Waals surface area contributed by atoms with Crippen LogP contribution >= 0.6 is 7.82 Å². The Kier molecular flexibility index (Phi) is 64.5. The number of phosphoric ester groups is 1. The molecule has 0 spiro atoms. The molecule has 0 heterocycles. The predicted octanol–water partition coefficient (Wildman–Crippen LogP) is 23.2. The second kappa shape index (κ2) is 66.8. The lowest BCUT2D eigenvalue weighted by atomic mass is 10.0. The van der Waals surface area contributed by atoms with Gasteiger partial charge < -0.3 is 28.5 Å². The lowest BCUT2D eigenvalue weighted by Crippen LogP contribution is -2.47. The fourth-order valence-electron chi connectivity index (χ4n) is 10.6. The average molecular weight is 1250 g/mol. The van der Waals surface area contributed by atoms with Gasteiger partial charge in [0.15, 0.2) is 0 Å². The van der Waals surface area contributed by atoms with E-state index in [0.29, 0.717) is 23.9 Å². The maximum Gasteiger partial charge on any atom is 0.306 e. The number of unbranched alkanes of at least 4 members (excludes halogenated alkanes) is 37. The van der Waals surface area contributed by atoms with Gasteiger partial charge in [0.2, 0.25) is 5.91 Å². The number of esters is 1. The molecule has 0 aliphatic heterocycles. The molecule has 0 aliphatic rings. The van der Waals surface area contributed by atoms with E-state index in [9.17, 15) is 19.0 Å². The molecule has 1 amide bonds. The van der Waals surface area contributed by atoms with Crippen molar-refractivity contribution in [1.29, 1.82) is 0 Å². The highest BCUT2D eigenvalue weighted by Gasteiger charge is 2.27. The van der Waals surface area contributed by atoms with Crippen LogP contribution in [-0.2, 0) is 27.9 Å². The molecule has 0 saturated heterocycles. The van der Waals surface area contributed by atoms with Crippen LogP contribution in [0.15, 0.2) is 97.2 Å². The second-order valence-electron chi connectivity index (χ2n) is 26.1. The summed E-state index contributed by atoms with van der Waals surface area (Å²) in [6.07, 6.45) is 91.1. The SMILES string of the molecule is CC/C=C\C/C=C\C/C=C\C/C=C\C/C=C\C/C=C\CCCCCCC(=O)OC(/C=C\CCCCCCCCCCCC)C(COP(=O)([O-])OCC[N+](C)(C)C)NC(=O)CCCCCCCCCCCCCCCCCCC/C=C/CCCCCCCC. The van der Waals surface area contributed by atoms with Crippen LogP contribution in [0.4, 0.5) is 0 Å². The van der Waals surface area contributed by atoms with Crippen LogP contribution < -0.4 is 10.2 Å². The molecule has 3 atom stereocenters. The molecule has 0 aromatic rings. The van der Waals surface area contributed by atoms with E-state index in [1.807, 2.05) is 33.3 Å². The number of hydrogen-bond donors (Lipinski definition) is 1. The van der Waals surface area contributed by atoms with Gasteiger partial charge in [-0.25, -0.2) is 0 Å². The van der Waals surface area contributed by atoms with Crippen LogP contribution in [-0.4, -0.2) is 69.4 Å². The first kappa shape index (κ1) is 84.9. The summed E-state index contributed by atoms with van der Waals surface area (Å²) in [5.41, 5.74) is 0. The zero-order valence-electron chi connectivity index (χ0n) is 58.4. The van der Waals surface area contributed by atoms with Crippen LogP contribution in [0.1, 0.15) is 335 Å². The smallest absolute Gasteiger partial charge is 0.306 e. The quantitative estimate of drug-likeness (QED) is 0.0212. The second-order valence-corrected chi connectivity index (χ2v) is 27.5. The first-order valence-electron chi connectivity index (χ1n) is 37.0. The fraction of sp³-hybridized carbons (Fsp3) is 0.769. The van der Waals surface area contributed by atoms with Crippen molar-refractivity contribution in [3.8, 4) is 0 Å². The van der Waals surface area contributed by atoms with Gasteiger partial charge in [-0.3, -0.25) is 14.2 Å². The Labute approximate surface area is 545 Å². The van der Waals surface area contributed by atoms with Crippen LogP contribution in [0.2, 0.25) is 0 Å². The third-order valence-electron chi connectivity index (χ3n) is 16.2. The Hall–Kier alpha value is -3.07. The average Bonchev–Trinajstić information content (AvgIpc) is 3.71. The van der Waals surface area contributed by atoms with Gasteiger partial charge in [0, 0.05) is 12.8 Å². The van der Waals surface area contributed by atoms with E-state index < -0.39 is 26.6 Å². The van der Waals surface area contributed by atoms with Crippen molar-refractivity contribution in [2.45, 2.75) is 348 Å². The summed E-state index contributed by atoms with van der Waals surface area (Å²) in [4.78, 5) is 40.2. The summed E-state index contributed by atoms with van der Waals surface area (Å²) in [5.74, 6) is -0.563. The van der Waals surface area contributed by atoms with E-state index >= 15 is 0 Å². The molecule has 3 unspecified atom stereocenters. The normalized spacial score (nSPS) is 14.0. The highest BCUT2D eigenvalue weighted by molar-refractivity contribution is 7.45. The Balaban J connectivity index is 5.05. The van der Waals surface area contributed by atoms with Crippen molar-refractivity contribution in [3.63, 3.8) is 0 Å². The Morgan fingerprint density at radius 2 is 0.727 bits per heavy atom. The van der Waals surface area contributed by atoms with E-state index in [4.69, 9.17) is 13.8 Å². The molecular weight excluding hydrogens is 1110 g/mol. The number of quaternary nitrogens is 1. The number of ether oxygens (including phenoxy) is 1. The molecule has 510 valence electrons. The van der Waals surface area contributed by atoms with Crippen molar-refractivity contribution in [2.75, 3.05) is 40.9 Å². The van der Waals surface area contributed by atoms with Crippen molar-refractivity contribution in [2.24, 2.45) is 0 Å². The fourth-order valence-corrected chi connectivity index (χ4v) is 11.3. The molecule has 0 saturated carbocycles. The Morgan fingerprint density at radius 3 is 1.10 bits per heavy atom. The molecular formula is C78H141N2O7P. The largest absolute Gasteiger partial charge is 0.756 e. The summed E-state index contributed by atoms with van der Waals surface area (Å²) >= 11 is 0. The highest BCUT2D eigenvalue weighted by atomic mass is 31.2. The first-order chi connectivity index (χ1) is 42.9. The van der Waals surface area contributed by atoms with Crippen molar-refractivity contribution >= 4 is 19.7 Å². The monoisotopic (exact) mass is 1250 g/mol. The van der Waals surface area contributed by atoms with Crippen LogP contribution in [0.3, 0.4) is 0 Å². The van der Waals surface area contributed by atoms with Gasteiger partial charge in [-0.15, -0.1) is 0 Å². The highest BCUT2D eigenvalue weighted by Crippen LogP contribution is 2.38. The summed E-state index contributed by atoms with van der Waals surface area (Å²) in [6.45, 7) is 6.74. The predicted molar refractivity (Wildman–Crippen MR) is 381 cm³/mol. The third kappa shape index (κ3) is 67.3.